The zero-order valence-corrected chi connectivity index (χ0v) is 19.1. The summed E-state index contributed by atoms with van der Waals surface area (Å²) in [4.78, 5) is 21.5. The summed E-state index contributed by atoms with van der Waals surface area (Å²) >= 11 is 0. The Balaban J connectivity index is 1.67. The van der Waals surface area contributed by atoms with Crippen LogP contribution in [-0.4, -0.2) is 9.85 Å². The van der Waals surface area contributed by atoms with Gasteiger partial charge in [-0.3, -0.25) is 20.2 Å². The molecule has 5 aromatic carbocycles. The lowest BCUT2D eigenvalue weighted by atomic mass is 9.91. The zero-order chi connectivity index (χ0) is 25.1. The van der Waals surface area contributed by atoms with Crippen molar-refractivity contribution in [3.63, 3.8) is 0 Å². The summed E-state index contributed by atoms with van der Waals surface area (Å²) in [5.41, 5.74) is 3.61. The highest BCUT2D eigenvalue weighted by atomic mass is 16.6. The predicted octanol–water partition coefficient (Wildman–Crippen LogP) is 8.15. The van der Waals surface area contributed by atoms with E-state index < -0.39 is 9.85 Å². The van der Waals surface area contributed by atoms with Crippen LogP contribution in [0.15, 0.2) is 97.1 Å². The van der Waals surface area contributed by atoms with Gasteiger partial charge in [0, 0.05) is 24.3 Å². The fourth-order valence-corrected chi connectivity index (χ4v) is 4.40. The Morgan fingerprint density at radius 2 is 0.833 bits per heavy atom. The van der Waals surface area contributed by atoms with E-state index in [1.165, 1.54) is 12.1 Å². The summed E-state index contributed by atoms with van der Waals surface area (Å²) in [7, 11) is 0. The van der Waals surface area contributed by atoms with Crippen LogP contribution in [0, 0.1) is 20.2 Å². The normalized spacial score (nSPS) is 11.6. The van der Waals surface area contributed by atoms with E-state index in [4.69, 9.17) is 0 Å². The maximum Gasteiger partial charge on any atom is 0.270 e. The molecule has 0 saturated heterocycles. The van der Waals surface area contributed by atoms with Gasteiger partial charge >= 0.3 is 0 Å². The van der Waals surface area contributed by atoms with Crippen molar-refractivity contribution in [2.45, 2.75) is 0 Å². The first kappa shape index (κ1) is 22.7. The predicted molar refractivity (Wildman–Crippen MR) is 146 cm³/mol. The number of fused-ring (bicyclic) bond motifs is 2. The summed E-state index contributed by atoms with van der Waals surface area (Å²) in [5, 5.41) is 26.5. The molecule has 0 fully saturated rings. The third-order valence-electron chi connectivity index (χ3n) is 6.06. The van der Waals surface area contributed by atoms with Crippen molar-refractivity contribution >= 4 is 57.2 Å². The Morgan fingerprint density at radius 3 is 1.17 bits per heavy atom. The summed E-state index contributed by atoms with van der Waals surface area (Å²) in [6.07, 6.45) is 7.77. The van der Waals surface area contributed by atoms with Gasteiger partial charge in [-0.15, -0.1) is 0 Å². The molecule has 0 aromatic heterocycles. The highest BCUT2D eigenvalue weighted by Gasteiger charge is 2.11. The first-order valence-electron chi connectivity index (χ1n) is 11.3. The van der Waals surface area contributed by atoms with E-state index in [2.05, 4.69) is 24.3 Å². The average Bonchev–Trinajstić information content (AvgIpc) is 2.90. The van der Waals surface area contributed by atoms with E-state index in [0.717, 1.165) is 43.8 Å². The molecule has 0 heterocycles. The minimum Gasteiger partial charge on any atom is -0.258 e. The SMILES string of the molecule is O=[N+]([O-])c1cccc(C=Cc2c3ccccc3c(C=Cc3cccc([N+](=O)[O-])c3)c3ccccc23)c1. The van der Waals surface area contributed by atoms with Gasteiger partial charge in [0.1, 0.15) is 0 Å². The van der Waals surface area contributed by atoms with Gasteiger partial charge in [0.2, 0.25) is 0 Å². The fourth-order valence-electron chi connectivity index (χ4n) is 4.40. The molecule has 174 valence electrons. The van der Waals surface area contributed by atoms with Gasteiger partial charge in [0.25, 0.3) is 11.4 Å². The van der Waals surface area contributed by atoms with Crippen LogP contribution in [0.5, 0.6) is 0 Å². The number of nitro groups is 2. The number of benzene rings is 5. The Hall–Kier alpha value is -5.10. The second-order valence-corrected chi connectivity index (χ2v) is 8.29. The number of hydrogen-bond acceptors (Lipinski definition) is 4. The minimum absolute atomic E-state index is 0.0495. The molecule has 36 heavy (non-hydrogen) atoms. The van der Waals surface area contributed by atoms with E-state index in [9.17, 15) is 20.2 Å². The third-order valence-corrected chi connectivity index (χ3v) is 6.06. The second kappa shape index (κ2) is 9.64. The van der Waals surface area contributed by atoms with Crippen molar-refractivity contribution in [3.05, 3.63) is 140 Å². The smallest absolute Gasteiger partial charge is 0.258 e. The summed E-state index contributed by atoms with van der Waals surface area (Å²) in [5.74, 6) is 0. The molecule has 0 aliphatic heterocycles. The average molecular weight is 473 g/mol. The first-order valence-corrected chi connectivity index (χ1v) is 11.3. The van der Waals surface area contributed by atoms with Crippen molar-refractivity contribution in [1.29, 1.82) is 0 Å². The lowest BCUT2D eigenvalue weighted by molar-refractivity contribution is -0.385. The molecule has 0 aliphatic carbocycles. The van der Waals surface area contributed by atoms with Crippen LogP contribution in [0.1, 0.15) is 22.3 Å². The molecule has 0 saturated carbocycles. The molecule has 0 bridgehead atoms. The van der Waals surface area contributed by atoms with Gasteiger partial charge in [-0.25, -0.2) is 0 Å². The topological polar surface area (TPSA) is 86.3 Å². The van der Waals surface area contributed by atoms with Crippen molar-refractivity contribution in [3.8, 4) is 0 Å². The fraction of sp³-hybridized carbons (Fsp3) is 0. The largest absolute Gasteiger partial charge is 0.270 e. The highest BCUT2D eigenvalue weighted by molar-refractivity contribution is 6.14. The number of nitro benzene ring substituents is 2. The molecule has 5 aromatic rings. The van der Waals surface area contributed by atoms with Gasteiger partial charge in [-0.1, -0.05) is 97.1 Å². The van der Waals surface area contributed by atoms with Crippen LogP contribution < -0.4 is 0 Å². The molecule has 5 rings (SSSR count). The minimum atomic E-state index is -0.398. The van der Waals surface area contributed by atoms with Crippen molar-refractivity contribution in [1.82, 2.24) is 0 Å². The third kappa shape index (κ3) is 4.48. The Bertz CT molecular complexity index is 1520. The van der Waals surface area contributed by atoms with Crippen LogP contribution in [0.3, 0.4) is 0 Å². The Kier molecular flexibility index (Phi) is 6.07. The lowest BCUT2D eigenvalue weighted by Crippen LogP contribution is -1.89. The van der Waals surface area contributed by atoms with Crippen LogP contribution in [0.4, 0.5) is 11.4 Å². The Labute approximate surface area is 206 Å². The van der Waals surface area contributed by atoms with Crippen molar-refractivity contribution in [2.24, 2.45) is 0 Å². The van der Waals surface area contributed by atoms with Gasteiger partial charge in [-0.2, -0.15) is 0 Å². The lowest BCUT2D eigenvalue weighted by Gasteiger charge is -2.13. The van der Waals surface area contributed by atoms with E-state index in [1.54, 1.807) is 24.3 Å². The monoisotopic (exact) mass is 472 g/mol. The van der Waals surface area contributed by atoms with E-state index in [0.29, 0.717) is 0 Å². The van der Waals surface area contributed by atoms with Crippen LogP contribution in [0.2, 0.25) is 0 Å². The summed E-state index contributed by atoms with van der Waals surface area (Å²) in [6, 6.07) is 29.2. The molecule has 0 aliphatic rings. The van der Waals surface area contributed by atoms with Crippen LogP contribution >= 0.6 is 0 Å². The van der Waals surface area contributed by atoms with Gasteiger partial charge in [-0.05, 0) is 43.8 Å². The van der Waals surface area contributed by atoms with E-state index in [-0.39, 0.29) is 11.4 Å². The first-order chi connectivity index (χ1) is 17.5. The molecule has 0 unspecified atom stereocenters. The molecule has 0 atom stereocenters. The summed E-state index contributed by atoms with van der Waals surface area (Å²) in [6.45, 7) is 0. The maximum atomic E-state index is 11.2. The molecular formula is C30H20N2O4. The molecule has 6 nitrogen and oxygen atoms in total. The Morgan fingerprint density at radius 1 is 0.472 bits per heavy atom. The summed E-state index contributed by atoms with van der Waals surface area (Å²) < 4.78 is 0. The van der Waals surface area contributed by atoms with E-state index >= 15 is 0 Å². The van der Waals surface area contributed by atoms with Gasteiger partial charge in [0.15, 0.2) is 0 Å². The quantitative estimate of drug-likeness (QED) is 0.108. The molecule has 0 radical (unpaired) electrons. The van der Waals surface area contributed by atoms with Gasteiger partial charge in [0.05, 0.1) is 9.85 Å². The molecular weight excluding hydrogens is 452 g/mol. The standard InChI is InChI=1S/C30H20N2O4/c33-31(34)23-9-5-7-21(19-23)15-17-29-25-11-1-2-12-26(25)30(28-14-4-3-13-27(28)29)18-16-22-8-6-10-24(20-22)32(35)36/h1-20H. The second-order valence-electron chi connectivity index (χ2n) is 8.29. The molecule has 6 heteroatoms. The van der Waals surface area contributed by atoms with Crippen molar-refractivity contribution < 1.29 is 9.85 Å². The number of nitrogens with zero attached hydrogens (tertiary/aromatic N) is 2. The van der Waals surface area contributed by atoms with Crippen molar-refractivity contribution in [2.75, 3.05) is 0 Å². The maximum absolute atomic E-state index is 11.2. The van der Waals surface area contributed by atoms with E-state index in [1.807, 2.05) is 60.7 Å². The van der Waals surface area contributed by atoms with Crippen LogP contribution in [0.25, 0.3) is 45.8 Å². The van der Waals surface area contributed by atoms with Gasteiger partial charge < -0.3 is 0 Å². The number of hydrogen-bond donors (Lipinski definition) is 0. The molecule has 0 spiro atoms. The molecule has 0 amide bonds. The highest BCUT2D eigenvalue weighted by Crippen LogP contribution is 2.35. The number of non-ortho nitro benzene ring substituents is 2. The zero-order valence-electron chi connectivity index (χ0n) is 19.1. The van der Waals surface area contributed by atoms with Crippen LogP contribution in [-0.2, 0) is 0 Å². The number of rotatable bonds is 6. The molecule has 0 N–H and O–H groups in total.